The summed E-state index contributed by atoms with van der Waals surface area (Å²) in [6, 6.07) is 2.08. The minimum atomic E-state index is -1.42. The molecule has 19 heavy (non-hydrogen) atoms. The Morgan fingerprint density at radius 1 is 0.947 bits per heavy atom. The van der Waals surface area contributed by atoms with E-state index < -0.39 is 17.5 Å². The predicted octanol–water partition coefficient (Wildman–Crippen LogP) is 1.21. The fourth-order valence-electron chi connectivity index (χ4n) is 2.27. The first-order valence-electron chi connectivity index (χ1n) is 6.29. The van der Waals surface area contributed by atoms with Gasteiger partial charge in [0.2, 0.25) is 0 Å². The molecule has 0 spiro atoms. The smallest absolute Gasteiger partial charge is 0.194 e. The number of hydrogen-bond donors (Lipinski definition) is 1. The number of nitrogens with zero attached hydrogens (tertiary/aromatic N) is 2. The second kappa shape index (κ2) is 6.36. The number of β-amino-alcohol motifs (C(OH)–C–C–N with tert-alkyl or cyclic N) is 1. The Morgan fingerprint density at radius 3 is 2.00 bits per heavy atom. The highest BCUT2D eigenvalue weighted by Gasteiger charge is 2.18. The van der Waals surface area contributed by atoms with Crippen LogP contribution >= 0.6 is 0 Å². The van der Waals surface area contributed by atoms with Crippen LogP contribution in [0.15, 0.2) is 12.1 Å². The van der Waals surface area contributed by atoms with Gasteiger partial charge in [0.05, 0.1) is 6.61 Å². The summed E-state index contributed by atoms with van der Waals surface area (Å²) >= 11 is 0. The standard InChI is InChI=1S/C13H17F3N2O/c14-11-7-10(8-12(15)13(11)16)9-18-3-1-17(2-4-18)5-6-19/h7-8,19H,1-6,9H2. The van der Waals surface area contributed by atoms with Gasteiger partial charge in [-0.3, -0.25) is 9.80 Å². The number of halogens is 3. The zero-order chi connectivity index (χ0) is 13.8. The third kappa shape index (κ3) is 3.68. The topological polar surface area (TPSA) is 26.7 Å². The van der Waals surface area contributed by atoms with Crippen molar-refractivity contribution in [2.45, 2.75) is 6.54 Å². The summed E-state index contributed by atoms with van der Waals surface area (Å²) in [6.07, 6.45) is 0. The normalized spacial score (nSPS) is 17.9. The number of aliphatic hydroxyl groups is 1. The Balaban J connectivity index is 1.92. The maximum atomic E-state index is 13.1. The van der Waals surface area contributed by atoms with Crippen LogP contribution in [0.25, 0.3) is 0 Å². The molecule has 0 aliphatic carbocycles. The van der Waals surface area contributed by atoms with Gasteiger partial charge in [0.1, 0.15) is 0 Å². The van der Waals surface area contributed by atoms with Gasteiger partial charge in [0.15, 0.2) is 17.5 Å². The van der Waals surface area contributed by atoms with Gasteiger partial charge in [-0.2, -0.15) is 0 Å². The molecular formula is C13H17F3N2O. The van der Waals surface area contributed by atoms with Crippen molar-refractivity contribution in [3.05, 3.63) is 35.1 Å². The van der Waals surface area contributed by atoms with E-state index in [1.165, 1.54) is 0 Å². The van der Waals surface area contributed by atoms with Crippen LogP contribution < -0.4 is 0 Å². The molecule has 3 nitrogen and oxygen atoms in total. The molecular weight excluding hydrogens is 257 g/mol. The third-order valence-corrected chi connectivity index (χ3v) is 3.33. The van der Waals surface area contributed by atoms with Crippen molar-refractivity contribution < 1.29 is 18.3 Å². The summed E-state index contributed by atoms with van der Waals surface area (Å²) in [4.78, 5) is 4.18. The lowest BCUT2D eigenvalue weighted by Crippen LogP contribution is -2.46. The van der Waals surface area contributed by atoms with Crippen LogP contribution in [0.4, 0.5) is 13.2 Å². The summed E-state index contributed by atoms with van der Waals surface area (Å²) in [6.45, 7) is 4.34. The monoisotopic (exact) mass is 274 g/mol. The van der Waals surface area contributed by atoms with Crippen molar-refractivity contribution in [1.29, 1.82) is 0 Å². The van der Waals surface area contributed by atoms with Crippen LogP contribution in [-0.4, -0.2) is 54.2 Å². The molecule has 1 N–H and O–H groups in total. The zero-order valence-corrected chi connectivity index (χ0v) is 10.6. The molecule has 6 heteroatoms. The number of benzene rings is 1. The Bertz CT molecular complexity index is 411. The van der Waals surface area contributed by atoms with Crippen molar-refractivity contribution in [1.82, 2.24) is 9.80 Å². The van der Waals surface area contributed by atoms with Crippen molar-refractivity contribution in [2.75, 3.05) is 39.3 Å². The minimum absolute atomic E-state index is 0.133. The second-order valence-electron chi connectivity index (χ2n) is 4.71. The van der Waals surface area contributed by atoms with Gasteiger partial charge in [-0.15, -0.1) is 0 Å². The fraction of sp³-hybridized carbons (Fsp3) is 0.538. The molecule has 1 aliphatic rings. The Kier molecular flexibility index (Phi) is 4.79. The quantitative estimate of drug-likeness (QED) is 0.836. The van der Waals surface area contributed by atoms with Gasteiger partial charge in [-0.05, 0) is 17.7 Å². The second-order valence-corrected chi connectivity index (χ2v) is 4.71. The first-order chi connectivity index (χ1) is 9.10. The van der Waals surface area contributed by atoms with Crippen LogP contribution in [0.5, 0.6) is 0 Å². The molecule has 1 fully saturated rings. The van der Waals surface area contributed by atoms with Crippen LogP contribution in [0.3, 0.4) is 0 Å². The molecule has 0 atom stereocenters. The summed E-state index contributed by atoms with van der Waals surface area (Å²) in [5.41, 5.74) is 0.437. The lowest BCUT2D eigenvalue weighted by Gasteiger charge is -2.34. The largest absolute Gasteiger partial charge is 0.395 e. The summed E-state index contributed by atoms with van der Waals surface area (Å²) in [5, 5.41) is 8.83. The van der Waals surface area contributed by atoms with E-state index in [9.17, 15) is 13.2 Å². The molecule has 0 bridgehead atoms. The molecule has 0 radical (unpaired) electrons. The Morgan fingerprint density at radius 2 is 1.47 bits per heavy atom. The van der Waals surface area contributed by atoms with Gasteiger partial charge in [0.25, 0.3) is 0 Å². The molecule has 0 saturated carbocycles. The highest BCUT2D eigenvalue weighted by molar-refractivity contribution is 5.19. The van der Waals surface area contributed by atoms with E-state index in [1.807, 2.05) is 0 Å². The molecule has 0 amide bonds. The SMILES string of the molecule is OCCN1CCN(Cc2cc(F)c(F)c(F)c2)CC1. The van der Waals surface area contributed by atoms with Crippen LogP contribution in [0.2, 0.25) is 0 Å². The van der Waals surface area contributed by atoms with E-state index in [-0.39, 0.29) is 6.61 Å². The minimum Gasteiger partial charge on any atom is -0.395 e. The van der Waals surface area contributed by atoms with Gasteiger partial charge in [-0.1, -0.05) is 0 Å². The first-order valence-corrected chi connectivity index (χ1v) is 6.29. The van der Waals surface area contributed by atoms with Crippen molar-refractivity contribution in [3.8, 4) is 0 Å². The average molecular weight is 274 g/mol. The van der Waals surface area contributed by atoms with Gasteiger partial charge < -0.3 is 5.11 Å². The summed E-state index contributed by atoms with van der Waals surface area (Å²) < 4.78 is 39.0. The van der Waals surface area contributed by atoms with E-state index in [4.69, 9.17) is 5.11 Å². The van der Waals surface area contributed by atoms with E-state index >= 15 is 0 Å². The zero-order valence-electron chi connectivity index (χ0n) is 10.6. The molecule has 106 valence electrons. The maximum Gasteiger partial charge on any atom is 0.194 e. The molecule has 2 rings (SSSR count). The lowest BCUT2D eigenvalue weighted by molar-refractivity contribution is 0.108. The van der Waals surface area contributed by atoms with E-state index in [2.05, 4.69) is 9.80 Å². The molecule has 1 saturated heterocycles. The van der Waals surface area contributed by atoms with Crippen LogP contribution in [0.1, 0.15) is 5.56 Å². The third-order valence-electron chi connectivity index (χ3n) is 3.33. The number of hydrogen-bond acceptors (Lipinski definition) is 3. The Labute approximate surface area is 110 Å². The van der Waals surface area contributed by atoms with Crippen molar-refractivity contribution in [2.24, 2.45) is 0 Å². The first kappa shape index (κ1) is 14.3. The van der Waals surface area contributed by atoms with E-state index in [0.717, 1.165) is 38.3 Å². The van der Waals surface area contributed by atoms with E-state index in [0.29, 0.717) is 18.7 Å². The fourth-order valence-corrected chi connectivity index (χ4v) is 2.27. The van der Waals surface area contributed by atoms with E-state index in [1.54, 1.807) is 0 Å². The predicted molar refractivity (Wildman–Crippen MR) is 65.1 cm³/mol. The van der Waals surface area contributed by atoms with Crippen LogP contribution in [-0.2, 0) is 6.54 Å². The number of piperazine rings is 1. The molecule has 0 unspecified atom stereocenters. The van der Waals surface area contributed by atoms with Gasteiger partial charge in [-0.25, -0.2) is 13.2 Å². The van der Waals surface area contributed by atoms with Gasteiger partial charge >= 0.3 is 0 Å². The summed E-state index contributed by atoms with van der Waals surface area (Å²) in [5.74, 6) is -3.71. The van der Waals surface area contributed by atoms with Gasteiger partial charge in [0, 0.05) is 39.3 Å². The Hall–Kier alpha value is -1.11. The molecule has 1 aromatic rings. The summed E-state index contributed by atoms with van der Waals surface area (Å²) in [7, 11) is 0. The molecule has 1 aliphatic heterocycles. The number of aliphatic hydroxyl groups excluding tert-OH is 1. The number of rotatable bonds is 4. The lowest BCUT2D eigenvalue weighted by atomic mass is 10.1. The molecule has 1 heterocycles. The molecule has 0 aromatic heterocycles. The highest BCUT2D eigenvalue weighted by atomic mass is 19.2. The van der Waals surface area contributed by atoms with Crippen molar-refractivity contribution in [3.63, 3.8) is 0 Å². The van der Waals surface area contributed by atoms with Crippen LogP contribution in [0, 0.1) is 17.5 Å². The molecule has 1 aromatic carbocycles. The highest BCUT2D eigenvalue weighted by Crippen LogP contribution is 2.16. The maximum absolute atomic E-state index is 13.1. The van der Waals surface area contributed by atoms with Crippen molar-refractivity contribution >= 4 is 0 Å². The average Bonchev–Trinajstić information content (AvgIpc) is 2.38.